The van der Waals surface area contributed by atoms with Crippen LogP contribution in [0.15, 0.2) is 0 Å². The van der Waals surface area contributed by atoms with E-state index in [0.717, 1.165) is 13.0 Å². The number of nitrogens with one attached hydrogen (secondary N) is 2. The molecule has 1 heterocycles. The van der Waals surface area contributed by atoms with Gasteiger partial charge in [-0.05, 0) is 46.1 Å². The molecule has 3 heteroatoms. The minimum atomic E-state index is -0.770. The van der Waals surface area contributed by atoms with Gasteiger partial charge in [0.1, 0.15) is 6.17 Å². The van der Waals surface area contributed by atoms with Crippen molar-refractivity contribution in [1.82, 2.24) is 10.6 Å². The van der Waals surface area contributed by atoms with E-state index in [1.54, 1.807) is 0 Å². The molecule has 1 saturated heterocycles. The van der Waals surface area contributed by atoms with Crippen molar-refractivity contribution >= 4 is 0 Å². The third-order valence-electron chi connectivity index (χ3n) is 3.39. The predicted octanol–water partition coefficient (Wildman–Crippen LogP) is 2.49. The highest BCUT2D eigenvalue weighted by molar-refractivity contribution is 4.86. The minimum absolute atomic E-state index is 0.00314. The second-order valence-corrected chi connectivity index (χ2v) is 6.01. The van der Waals surface area contributed by atoms with E-state index in [1.165, 1.54) is 12.8 Å². The maximum absolute atomic E-state index is 14.0. The van der Waals surface area contributed by atoms with Gasteiger partial charge in [0.2, 0.25) is 0 Å². The first-order valence-corrected chi connectivity index (χ1v) is 6.55. The van der Waals surface area contributed by atoms with Crippen molar-refractivity contribution in [3.63, 3.8) is 0 Å². The maximum atomic E-state index is 14.0. The molecule has 1 rings (SSSR count). The Morgan fingerprint density at radius 3 is 2.69 bits per heavy atom. The fourth-order valence-electron chi connectivity index (χ4n) is 2.23. The number of piperidine rings is 1. The molecule has 1 aliphatic heterocycles. The number of alkyl halides is 1. The summed E-state index contributed by atoms with van der Waals surface area (Å²) >= 11 is 0. The first-order valence-electron chi connectivity index (χ1n) is 6.55. The van der Waals surface area contributed by atoms with E-state index in [2.05, 4.69) is 38.3 Å². The van der Waals surface area contributed by atoms with Crippen molar-refractivity contribution in [3.8, 4) is 0 Å². The molecule has 0 saturated carbocycles. The summed E-state index contributed by atoms with van der Waals surface area (Å²) in [4.78, 5) is 0. The fraction of sp³-hybridized carbons (Fsp3) is 1.00. The van der Waals surface area contributed by atoms with Gasteiger partial charge < -0.3 is 10.6 Å². The van der Waals surface area contributed by atoms with Gasteiger partial charge >= 0.3 is 0 Å². The third kappa shape index (κ3) is 4.79. The van der Waals surface area contributed by atoms with Crippen LogP contribution in [-0.4, -0.2) is 30.8 Å². The van der Waals surface area contributed by atoms with Crippen molar-refractivity contribution in [1.29, 1.82) is 0 Å². The van der Waals surface area contributed by atoms with Crippen molar-refractivity contribution in [3.05, 3.63) is 0 Å². The van der Waals surface area contributed by atoms with Gasteiger partial charge in [0.25, 0.3) is 0 Å². The SMILES string of the molecule is CCC1CCNC(C(F)CNC(C)(C)C)C1. The standard InChI is InChI=1S/C13H27FN2/c1-5-10-6-7-15-12(8-10)11(14)9-16-13(2,3)4/h10-12,15-16H,5-9H2,1-4H3. The van der Waals surface area contributed by atoms with Crippen molar-refractivity contribution in [2.75, 3.05) is 13.1 Å². The van der Waals surface area contributed by atoms with Crippen LogP contribution in [0.3, 0.4) is 0 Å². The summed E-state index contributed by atoms with van der Waals surface area (Å²) in [5.74, 6) is 0.708. The topological polar surface area (TPSA) is 24.1 Å². The number of hydrogen-bond acceptors (Lipinski definition) is 2. The molecule has 0 aliphatic carbocycles. The van der Waals surface area contributed by atoms with Gasteiger partial charge in [0, 0.05) is 18.1 Å². The lowest BCUT2D eigenvalue weighted by Gasteiger charge is -2.33. The van der Waals surface area contributed by atoms with Gasteiger partial charge in [0.15, 0.2) is 0 Å². The summed E-state index contributed by atoms with van der Waals surface area (Å²) in [6.07, 6.45) is 2.60. The average molecular weight is 230 g/mol. The summed E-state index contributed by atoms with van der Waals surface area (Å²) in [5.41, 5.74) is 0.00314. The Hall–Kier alpha value is -0.150. The maximum Gasteiger partial charge on any atom is 0.128 e. The number of hydrogen-bond donors (Lipinski definition) is 2. The van der Waals surface area contributed by atoms with Crippen LogP contribution in [0.4, 0.5) is 4.39 Å². The van der Waals surface area contributed by atoms with E-state index in [1.807, 2.05) is 0 Å². The molecule has 2 N–H and O–H groups in total. The fourth-order valence-corrected chi connectivity index (χ4v) is 2.23. The molecule has 96 valence electrons. The molecule has 0 spiro atoms. The molecule has 0 amide bonds. The molecular weight excluding hydrogens is 203 g/mol. The quantitative estimate of drug-likeness (QED) is 0.775. The molecule has 0 radical (unpaired) electrons. The van der Waals surface area contributed by atoms with Crippen molar-refractivity contribution in [2.24, 2.45) is 5.92 Å². The Balaban J connectivity index is 2.32. The van der Waals surface area contributed by atoms with E-state index in [0.29, 0.717) is 12.5 Å². The Morgan fingerprint density at radius 1 is 1.44 bits per heavy atom. The van der Waals surface area contributed by atoms with E-state index in [4.69, 9.17) is 0 Å². The molecule has 0 aromatic carbocycles. The van der Waals surface area contributed by atoms with Crippen LogP contribution in [0.25, 0.3) is 0 Å². The molecule has 0 aromatic rings. The summed E-state index contributed by atoms with van der Waals surface area (Å²) in [5, 5.41) is 6.54. The zero-order valence-electron chi connectivity index (χ0n) is 11.1. The van der Waals surface area contributed by atoms with Crippen molar-refractivity contribution < 1.29 is 4.39 Å². The first-order chi connectivity index (χ1) is 7.42. The molecule has 0 bridgehead atoms. The van der Waals surface area contributed by atoms with Crippen LogP contribution < -0.4 is 10.6 Å². The van der Waals surface area contributed by atoms with E-state index in [-0.39, 0.29) is 11.6 Å². The summed E-state index contributed by atoms with van der Waals surface area (Å²) in [7, 11) is 0. The van der Waals surface area contributed by atoms with Crippen LogP contribution in [0.5, 0.6) is 0 Å². The largest absolute Gasteiger partial charge is 0.311 e. The van der Waals surface area contributed by atoms with E-state index >= 15 is 0 Å². The molecule has 2 nitrogen and oxygen atoms in total. The van der Waals surface area contributed by atoms with Gasteiger partial charge in [-0.25, -0.2) is 4.39 Å². The Labute approximate surface area is 99.4 Å². The molecule has 1 fully saturated rings. The van der Waals surface area contributed by atoms with Crippen LogP contribution in [0.1, 0.15) is 47.0 Å². The highest BCUT2D eigenvalue weighted by Crippen LogP contribution is 2.22. The van der Waals surface area contributed by atoms with Gasteiger partial charge in [0.05, 0.1) is 0 Å². The molecule has 16 heavy (non-hydrogen) atoms. The zero-order valence-corrected chi connectivity index (χ0v) is 11.1. The molecule has 0 aromatic heterocycles. The Morgan fingerprint density at radius 2 is 2.12 bits per heavy atom. The number of halogens is 1. The smallest absolute Gasteiger partial charge is 0.128 e. The summed E-state index contributed by atoms with van der Waals surface area (Å²) in [6.45, 7) is 9.85. The zero-order chi connectivity index (χ0) is 12.2. The van der Waals surface area contributed by atoms with E-state index in [9.17, 15) is 4.39 Å². The summed E-state index contributed by atoms with van der Waals surface area (Å²) < 4.78 is 14.0. The molecule has 3 atom stereocenters. The Kier molecular flexibility index (Phi) is 5.19. The van der Waals surface area contributed by atoms with Crippen LogP contribution >= 0.6 is 0 Å². The highest BCUT2D eigenvalue weighted by Gasteiger charge is 2.27. The van der Waals surface area contributed by atoms with Crippen LogP contribution in [-0.2, 0) is 0 Å². The molecular formula is C13H27FN2. The molecule has 1 aliphatic rings. The lowest BCUT2D eigenvalue weighted by Crippen LogP contribution is -2.50. The number of rotatable bonds is 4. The third-order valence-corrected chi connectivity index (χ3v) is 3.39. The first kappa shape index (κ1) is 13.9. The van der Waals surface area contributed by atoms with Gasteiger partial charge in [-0.1, -0.05) is 13.3 Å². The minimum Gasteiger partial charge on any atom is -0.311 e. The lowest BCUT2D eigenvalue weighted by atomic mass is 9.88. The Bertz CT molecular complexity index is 201. The van der Waals surface area contributed by atoms with Crippen LogP contribution in [0, 0.1) is 5.92 Å². The summed E-state index contributed by atoms with van der Waals surface area (Å²) in [6, 6.07) is 0.0496. The average Bonchev–Trinajstić information content (AvgIpc) is 2.25. The second kappa shape index (κ2) is 5.97. The highest BCUT2D eigenvalue weighted by atomic mass is 19.1. The molecule has 3 unspecified atom stereocenters. The van der Waals surface area contributed by atoms with Crippen LogP contribution in [0.2, 0.25) is 0 Å². The van der Waals surface area contributed by atoms with E-state index < -0.39 is 6.17 Å². The monoisotopic (exact) mass is 230 g/mol. The second-order valence-electron chi connectivity index (χ2n) is 6.01. The van der Waals surface area contributed by atoms with Gasteiger partial charge in [-0.15, -0.1) is 0 Å². The van der Waals surface area contributed by atoms with Gasteiger partial charge in [-0.3, -0.25) is 0 Å². The van der Waals surface area contributed by atoms with Gasteiger partial charge in [-0.2, -0.15) is 0 Å². The normalized spacial score (nSPS) is 29.1. The predicted molar refractivity (Wildman–Crippen MR) is 67.5 cm³/mol. The van der Waals surface area contributed by atoms with Crippen molar-refractivity contribution in [2.45, 2.75) is 64.7 Å². The lowest BCUT2D eigenvalue weighted by molar-refractivity contribution is 0.171.